The second-order valence-electron chi connectivity index (χ2n) is 8.53. The number of aromatic nitrogens is 3. The van der Waals surface area contributed by atoms with Crippen molar-refractivity contribution in [1.29, 1.82) is 5.26 Å². The molecule has 0 unspecified atom stereocenters. The topological polar surface area (TPSA) is 83.6 Å². The van der Waals surface area contributed by atoms with Gasteiger partial charge in [-0.15, -0.1) is 0 Å². The lowest BCUT2D eigenvalue weighted by molar-refractivity contribution is 0.102. The minimum absolute atomic E-state index is 0.207. The van der Waals surface area contributed by atoms with E-state index in [1.165, 1.54) is 0 Å². The van der Waals surface area contributed by atoms with Crippen LogP contribution >= 0.6 is 0 Å². The number of rotatable bonds is 5. The summed E-state index contributed by atoms with van der Waals surface area (Å²) in [6.45, 7) is 4.41. The van der Waals surface area contributed by atoms with E-state index >= 15 is 0 Å². The van der Waals surface area contributed by atoms with Gasteiger partial charge in [0.15, 0.2) is 0 Å². The molecule has 2 heterocycles. The van der Waals surface area contributed by atoms with Crippen LogP contribution in [0.3, 0.4) is 0 Å². The maximum Gasteiger partial charge on any atom is 0.256 e. The quantitative estimate of drug-likeness (QED) is 0.357. The third-order valence-corrected chi connectivity index (χ3v) is 5.90. The predicted molar refractivity (Wildman–Crippen MR) is 137 cm³/mol. The average molecular weight is 458 g/mol. The standard InChI is InChI=1S/C29H23N5O/c1-19-8-13-26-24(14-19)25(15-27(31-26)23-6-4-3-5-7-23)29(35)32-28-18-34(33-20(28)2)17-22-11-9-21(16-30)10-12-22/h3-15,18H,17H2,1-2H3,(H,32,35). The van der Waals surface area contributed by atoms with Crippen molar-refractivity contribution in [2.24, 2.45) is 0 Å². The van der Waals surface area contributed by atoms with Gasteiger partial charge in [0.2, 0.25) is 0 Å². The van der Waals surface area contributed by atoms with Crippen molar-refractivity contribution in [3.8, 4) is 17.3 Å². The van der Waals surface area contributed by atoms with Crippen LogP contribution in [0.2, 0.25) is 0 Å². The van der Waals surface area contributed by atoms with Gasteiger partial charge in [0, 0.05) is 17.1 Å². The number of nitriles is 1. The van der Waals surface area contributed by atoms with E-state index in [-0.39, 0.29) is 5.91 Å². The van der Waals surface area contributed by atoms with Gasteiger partial charge in [-0.1, -0.05) is 54.1 Å². The molecule has 0 fully saturated rings. The summed E-state index contributed by atoms with van der Waals surface area (Å²) in [5.41, 5.74) is 7.13. The van der Waals surface area contributed by atoms with Crippen molar-refractivity contribution in [3.05, 3.63) is 113 Å². The van der Waals surface area contributed by atoms with E-state index in [2.05, 4.69) is 16.5 Å². The van der Waals surface area contributed by atoms with Gasteiger partial charge in [-0.2, -0.15) is 10.4 Å². The fourth-order valence-electron chi connectivity index (χ4n) is 4.07. The zero-order valence-corrected chi connectivity index (χ0v) is 19.5. The normalized spacial score (nSPS) is 10.8. The Balaban J connectivity index is 1.46. The van der Waals surface area contributed by atoms with Crippen LogP contribution in [-0.4, -0.2) is 20.7 Å². The highest BCUT2D eigenvalue weighted by atomic mass is 16.1. The molecule has 2 aromatic heterocycles. The van der Waals surface area contributed by atoms with E-state index < -0.39 is 0 Å². The van der Waals surface area contributed by atoms with Gasteiger partial charge >= 0.3 is 0 Å². The molecule has 6 heteroatoms. The lowest BCUT2D eigenvalue weighted by Crippen LogP contribution is -2.13. The molecular formula is C29H23N5O. The summed E-state index contributed by atoms with van der Waals surface area (Å²) in [6.07, 6.45) is 1.83. The summed E-state index contributed by atoms with van der Waals surface area (Å²) in [7, 11) is 0. The second kappa shape index (κ2) is 9.24. The minimum Gasteiger partial charge on any atom is -0.319 e. The molecule has 0 aliphatic carbocycles. The van der Waals surface area contributed by atoms with Crippen LogP contribution in [0.25, 0.3) is 22.2 Å². The number of hydrogen-bond donors (Lipinski definition) is 1. The van der Waals surface area contributed by atoms with Crippen LogP contribution in [0.1, 0.15) is 32.7 Å². The first kappa shape index (κ1) is 22.1. The fourth-order valence-corrected chi connectivity index (χ4v) is 4.07. The molecule has 0 saturated carbocycles. The van der Waals surface area contributed by atoms with Gasteiger partial charge < -0.3 is 5.32 Å². The molecule has 3 aromatic carbocycles. The van der Waals surface area contributed by atoms with Crippen LogP contribution in [0.5, 0.6) is 0 Å². The number of nitrogens with one attached hydrogen (secondary N) is 1. The zero-order chi connectivity index (χ0) is 24.4. The fraction of sp³-hybridized carbons (Fsp3) is 0.103. The van der Waals surface area contributed by atoms with Gasteiger partial charge in [0.1, 0.15) is 0 Å². The first-order chi connectivity index (χ1) is 17.0. The molecular weight excluding hydrogens is 434 g/mol. The Bertz CT molecular complexity index is 1580. The highest BCUT2D eigenvalue weighted by molar-refractivity contribution is 6.13. The lowest BCUT2D eigenvalue weighted by Gasteiger charge is -2.11. The molecule has 0 bridgehead atoms. The number of benzene rings is 3. The first-order valence-electron chi connectivity index (χ1n) is 11.3. The maximum absolute atomic E-state index is 13.5. The van der Waals surface area contributed by atoms with Crippen LogP contribution < -0.4 is 5.32 Å². The number of hydrogen-bond acceptors (Lipinski definition) is 4. The van der Waals surface area contributed by atoms with Crippen LogP contribution in [0.4, 0.5) is 5.69 Å². The van der Waals surface area contributed by atoms with Gasteiger partial charge in [-0.05, 0) is 49.7 Å². The second-order valence-corrected chi connectivity index (χ2v) is 8.53. The Labute approximate surface area is 203 Å². The maximum atomic E-state index is 13.5. The number of carbonyl (C=O) groups excluding carboxylic acids is 1. The highest BCUT2D eigenvalue weighted by Crippen LogP contribution is 2.27. The van der Waals surface area contributed by atoms with E-state index in [4.69, 9.17) is 10.2 Å². The van der Waals surface area contributed by atoms with Crippen molar-refractivity contribution < 1.29 is 4.79 Å². The smallest absolute Gasteiger partial charge is 0.256 e. The molecule has 0 aliphatic rings. The molecule has 0 atom stereocenters. The Morgan fingerprint density at radius 1 is 1.00 bits per heavy atom. The van der Waals surface area contributed by atoms with Gasteiger partial charge in [0.05, 0.1) is 46.3 Å². The summed E-state index contributed by atoms with van der Waals surface area (Å²) in [4.78, 5) is 18.3. The van der Waals surface area contributed by atoms with E-state index in [9.17, 15) is 4.79 Å². The molecule has 1 amide bonds. The van der Waals surface area contributed by atoms with Crippen molar-refractivity contribution in [2.45, 2.75) is 20.4 Å². The van der Waals surface area contributed by atoms with E-state index in [1.54, 1.807) is 16.8 Å². The average Bonchev–Trinajstić information content (AvgIpc) is 3.22. The molecule has 1 N–H and O–H groups in total. The molecule has 5 aromatic rings. The van der Waals surface area contributed by atoms with Gasteiger partial charge in [0.25, 0.3) is 5.91 Å². The number of amides is 1. The van der Waals surface area contributed by atoms with Gasteiger partial charge in [-0.25, -0.2) is 4.98 Å². The summed E-state index contributed by atoms with van der Waals surface area (Å²) in [5, 5.41) is 17.4. The van der Waals surface area contributed by atoms with Crippen LogP contribution in [-0.2, 0) is 6.54 Å². The van der Waals surface area contributed by atoms with Crippen LogP contribution in [0.15, 0.2) is 85.1 Å². The van der Waals surface area contributed by atoms with Gasteiger partial charge in [-0.3, -0.25) is 9.48 Å². The monoisotopic (exact) mass is 457 g/mol. The van der Waals surface area contributed by atoms with E-state index in [0.717, 1.165) is 39.0 Å². The molecule has 35 heavy (non-hydrogen) atoms. The highest BCUT2D eigenvalue weighted by Gasteiger charge is 2.17. The minimum atomic E-state index is -0.207. The Morgan fingerprint density at radius 2 is 1.77 bits per heavy atom. The summed E-state index contributed by atoms with van der Waals surface area (Å²) >= 11 is 0. The molecule has 0 aliphatic heterocycles. The number of aryl methyl sites for hydroxylation is 2. The zero-order valence-electron chi connectivity index (χ0n) is 19.5. The lowest BCUT2D eigenvalue weighted by atomic mass is 10.0. The van der Waals surface area contributed by atoms with E-state index in [1.807, 2.05) is 86.8 Å². The van der Waals surface area contributed by atoms with E-state index in [0.29, 0.717) is 23.4 Å². The number of carbonyl (C=O) groups is 1. The predicted octanol–water partition coefficient (Wildman–Crippen LogP) is 5.89. The van der Waals surface area contributed by atoms with Crippen molar-refractivity contribution in [1.82, 2.24) is 14.8 Å². The summed E-state index contributed by atoms with van der Waals surface area (Å²) in [5.74, 6) is -0.207. The third kappa shape index (κ3) is 4.66. The number of nitrogens with zero attached hydrogens (tertiary/aromatic N) is 4. The largest absolute Gasteiger partial charge is 0.319 e. The van der Waals surface area contributed by atoms with Crippen molar-refractivity contribution in [3.63, 3.8) is 0 Å². The van der Waals surface area contributed by atoms with Crippen molar-refractivity contribution >= 4 is 22.5 Å². The van der Waals surface area contributed by atoms with Crippen molar-refractivity contribution in [2.75, 3.05) is 5.32 Å². The summed E-state index contributed by atoms with van der Waals surface area (Å²) in [6, 6.07) is 27.2. The molecule has 5 rings (SSSR count). The van der Waals surface area contributed by atoms with Crippen LogP contribution in [0, 0.1) is 25.2 Å². The molecule has 0 radical (unpaired) electrons. The number of anilines is 1. The molecule has 170 valence electrons. The Hall–Kier alpha value is -4.76. The number of fused-ring (bicyclic) bond motifs is 1. The Morgan fingerprint density at radius 3 is 2.51 bits per heavy atom. The summed E-state index contributed by atoms with van der Waals surface area (Å²) < 4.78 is 1.79. The Kier molecular flexibility index (Phi) is 5.82. The first-order valence-corrected chi connectivity index (χ1v) is 11.3. The number of pyridine rings is 1. The molecule has 0 saturated heterocycles. The SMILES string of the molecule is Cc1ccc2nc(-c3ccccc3)cc(C(=O)Nc3cn(Cc4ccc(C#N)cc4)nc3C)c2c1. The molecule has 6 nitrogen and oxygen atoms in total. The molecule has 0 spiro atoms. The third-order valence-electron chi connectivity index (χ3n) is 5.90.